The number of sulfonamides is 1. The van der Waals surface area contributed by atoms with Gasteiger partial charge in [-0.05, 0) is 31.7 Å². The Morgan fingerprint density at radius 2 is 2.24 bits per heavy atom. The van der Waals surface area contributed by atoms with Gasteiger partial charge in [-0.3, -0.25) is 4.68 Å². The Kier molecular flexibility index (Phi) is 5.51. The number of aromatic nitrogens is 2. The molecular weight excluding hydrogens is 308 g/mol. The highest BCUT2D eigenvalue weighted by Gasteiger charge is 2.19. The van der Waals surface area contributed by atoms with E-state index in [1.807, 2.05) is 32.2 Å². The molecule has 0 fully saturated rings. The van der Waals surface area contributed by atoms with Crippen LogP contribution in [0.3, 0.4) is 0 Å². The van der Waals surface area contributed by atoms with Crippen molar-refractivity contribution < 1.29 is 8.42 Å². The van der Waals surface area contributed by atoms with Gasteiger partial charge in [0, 0.05) is 29.9 Å². The number of hydrogen-bond acceptors (Lipinski definition) is 5. The molecule has 0 radical (unpaired) electrons. The molecule has 0 spiro atoms. The zero-order valence-corrected chi connectivity index (χ0v) is 13.7. The predicted octanol–water partition coefficient (Wildman–Crippen LogP) is 1.42. The third kappa shape index (κ3) is 4.63. The van der Waals surface area contributed by atoms with Crippen molar-refractivity contribution in [3.63, 3.8) is 0 Å². The summed E-state index contributed by atoms with van der Waals surface area (Å²) in [5.74, 6) is 0. The monoisotopic (exact) mass is 328 g/mol. The highest BCUT2D eigenvalue weighted by molar-refractivity contribution is 7.91. The summed E-state index contributed by atoms with van der Waals surface area (Å²) in [6.45, 7) is 5.90. The lowest BCUT2D eigenvalue weighted by Gasteiger charge is -2.13. The first-order valence-corrected chi connectivity index (χ1v) is 9.10. The number of hydrogen-bond donors (Lipinski definition) is 2. The molecule has 0 saturated carbocycles. The van der Waals surface area contributed by atoms with E-state index in [9.17, 15) is 8.42 Å². The van der Waals surface area contributed by atoms with Gasteiger partial charge in [0.2, 0.25) is 10.0 Å². The van der Waals surface area contributed by atoms with Crippen molar-refractivity contribution in [3.05, 3.63) is 35.5 Å². The van der Waals surface area contributed by atoms with Gasteiger partial charge in [0.15, 0.2) is 0 Å². The zero-order chi connectivity index (χ0) is 15.3. The van der Waals surface area contributed by atoms with Gasteiger partial charge < -0.3 is 5.32 Å². The lowest BCUT2D eigenvalue weighted by atomic mass is 10.4. The van der Waals surface area contributed by atoms with Crippen molar-refractivity contribution in [1.29, 1.82) is 0 Å². The van der Waals surface area contributed by atoms with Crippen LogP contribution in [0.5, 0.6) is 0 Å². The Hall–Kier alpha value is -1.22. The maximum absolute atomic E-state index is 12.3. The summed E-state index contributed by atoms with van der Waals surface area (Å²) in [6, 6.07) is 5.09. The Labute approximate surface area is 129 Å². The molecule has 0 aliphatic rings. The summed E-state index contributed by atoms with van der Waals surface area (Å²) in [7, 11) is -3.47. The molecule has 2 aromatic heterocycles. The number of nitrogens with zero attached hydrogens (tertiary/aromatic N) is 2. The molecule has 0 aliphatic heterocycles. The molecule has 1 atom stereocenters. The summed E-state index contributed by atoms with van der Waals surface area (Å²) < 4.78 is 29.4. The second kappa shape index (κ2) is 7.17. The molecule has 21 heavy (non-hydrogen) atoms. The molecule has 116 valence electrons. The smallest absolute Gasteiger partial charge is 0.250 e. The number of thiophene rings is 1. The molecule has 2 aromatic rings. The molecule has 6 nitrogen and oxygen atoms in total. The second-order valence-corrected chi connectivity index (χ2v) is 7.86. The average Bonchev–Trinajstić information content (AvgIpc) is 3.06. The summed E-state index contributed by atoms with van der Waals surface area (Å²) in [4.78, 5) is 1.01. The van der Waals surface area contributed by atoms with Crippen LogP contribution >= 0.6 is 11.3 Å². The van der Waals surface area contributed by atoms with E-state index in [1.54, 1.807) is 16.9 Å². The summed E-state index contributed by atoms with van der Waals surface area (Å²) in [6.07, 6.45) is 3.48. The van der Waals surface area contributed by atoms with Gasteiger partial charge in [0.25, 0.3) is 0 Å². The number of rotatable bonds is 8. The molecule has 0 aliphatic carbocycles. The van der Waals surface area contributed by atoms with Crippen molar-refractivity contribution in [2.24, 2.45) is 0 Å². The topological polar surface area (TPSA) is 76.0 Å². The molecular formula is C13H20N4O2S2. The fourth-order valence-corrected chi connectivity index (χ4v) is 4.47. The molecule has 2 heterocycles. The van der Waals surface area contributed by atoms with Gasteiger partial charge >= 0.3 is 0 Å². The van der Waals surface area contributed by atoms with Crippen LogP contribution in [0.15, 0.2) is 34.8 Å². The van der Waals surface area contributed by atoms with Gasteiger partial charge in [-0.1, -0.05) is 6.92 Å². The summed E-state index contributed by atoms with van der Waals surface area (Å²) >= 11 is 1.29. The molecule has 0 aromatic carbocycles. The van der Waals surface area contributed by atoms with Gasteiger partial charge in [-0.2, -0.15) is 5.10 Å². The van der Waals surface area contributed by atoms with E-state index in [4.69, 9.17) is 0 Å². The van der Waals surface area contributed by atoms with Crippen LogP contribution in [0.2, 0.25) is 0 Å². The molecule has 0 bridgehead atoms. The minimum Gasteiger partial charge on any atom is -0.312 e. The third-order valence-corrected chi connectivity index (χ3v) is 5.99. The van der Waals surface area contributed by atoms with Gasteiger partial charge in [0.1, 0.15) is 4.21 Å². The van der Waals surface area contributed by atoms with E-state index in [-0.39, 0.29) is 6.04 Å². The Balaban J connectivity index is 1.98. The van der Waals surface area contributed by atoms with E-state index in [1.165, 1.54) is 11.3 Å². The molecule has 2 N–H and O–H groups in total. The van der Waals surface area contributed by atoms with Crippen LogP contribution < -0.4 is 10.0 Å². The van der Waals surface area contributed by atoms with Gasteiger partial charge in [0.05, 0.1) is 6.54 Å². The lowest BCUT2D eigenvalue weighted by Crippen LogP contribution is -2.35. The minimum absolute atomic E-state index is 0.228. The van der Waals surface area contributed by atoms with Gasteiger partial charge in [-0.25, -0.2) is 13.1 Å². The predicted molar refractivity (Wildman–Crippen MR) is 83.7 cm³/mol. The van der Waals surface area contributed by atoms with Crippen LogP contribution in [0, 0.1) is 0 Å². The number of nitrogens with one attached hydrogen (secondary N) is 2. The van der Waals surface area contributed by atoms with E-state index in [0.29, 0.717) is 17.3 Å². The first-order valence-electron chi connectivity index (χ1n) is 6.80. The molecule has 0 saturated heterocycles. The standard InChI is InChI=1S/C13H20N4O2S2/c1-3-14-9-12-5-6-13(20-12)21(18,19)16-11(2)10-17-8-4-7-15-17/h4-8,11,14,16H,3,9-10H2,1-2H3. The van der Waals surface area contributed by atoms with Gasteiger partial charge in [-0.15, -0.1) is 11.3 Å². The summed E-state index contributed by atoms with van der Waals surface area (Å²) in [5, 5.41) is 7.26. The first-order chi connectivity index (χ1) is 10.0. The largest absolute Gasteiger partial charge is 0.312 e. The SMILES string of the molecule is CCNCc1ccc(S(=O)(=O)NC(C)Cn2cccn2)s1. The third-order valence-electron chi connectivity index (χ3n) is 2.83. The maximum Gasteiger partial charge on any atom is 0.250 e. The van der Waals surface area contributed by atoms with Crippen molar-refractivity contribution >= 4 is 21.4 Å². The Morgan fingerprint density at radius 3 is 2.90 bits per heavy atom. The van der Waals surface area contributed by atoms with E-state index in [0.717, 1.165) is 11.4 Å². The quantitative estimate of drug-likeness (QED) is 0.768. The highest BCUT2D eigenvalue weighted by atomic mass is 32.2. The fourth-order valence-electron chi connectivity index (χ4n) is 1.90. The molecule has 0 amide bonds. The van der Waals surface area contributed by atoms with Crippen LogP contribution in [-0.2, 0) is 23.1 Å². The second-order valence-electron chi connectivity index (χ2n) is 4.75. The molecule has 2 rings (SSSR count). The van der Waals surface area contributed by atoms with E-state index >= 15 is 0 Å². The molecule has 8 heteroatoms. The van der Waals surface area contributed by atoms with Crippen molar-refractivity contribution in [2.45, 2.75) is 37.2 Å². The van der Waals surface area contributed by atoms with E-state index in [2.05, 4.69) is 15.1 Å². The fraction of sp³-hybridized carbons (Fsp3) is 0.462. The van der Waals surface area contributed by atoms with Crippen molar-refractivity contribution in [1.82, 2.24) is 19.8 Å². The average molecular weight is 328 g/mol. The first kappa shape index (κ1) is 16.2. The molecule has 1 unspecified atom stereocenters. The lowest BCUT2D eigenvalue weighted by molar-refractivity contribution is 0.494. The Bertz CT molecular complexity index is 650. The highest BCUT2D eigenvalue weighted by Crippen LogP contribution is 2.21. The minimum atomic E-state index is -3.47. The van der Waals surface area contributed by atoms with Crippen molar-refractivity contribution in [2.75, 3.05) is 6.54 Å². The van der Waals surface area contributed by atoms with Crippen LogP contribution in [0.1, 0.15) is 18.7 Å². The maximum atomic E-state index is 12.3. The normalized spacial score (nSPS) is 13.4. The van der Waals surface area contributed by atoms with Crippen LogP contribution in [0.25, 0.3) is 0 Å². The van der Waals surface area contributed by atoms with Crippen LogP contribution in [-0.4, -0.2) is 30.8 Å². The summed E-state index contributed by atoms with van der Waals surface area (Å²) in [5.41, 5.74) is 0. The van der Waals surface area contributed by atoms with Crippen molar-refractivity contribution in [3.8, 4) is 0 Å². The van der Waals surface area contributed by atoms with E-state index < -0.39 is 10.0 Å². The Morgan fingerprint density at radius 1 is 1.43 bits per heavy atom. The van der Waals surface area contributed by atoms with Crippen LogP contribution in [0.4, 0.5) is 0 Å². The zero-order valence-electron chi connectivity index (χ0n) is 12.1.